The third kappa shape index (κ3) is 3.62. The number of hydrogen-bond acceptors (Lipinski definition) is 5. The zero-order chi connectivity index (χ0) is 15.5. The SMILES string of the molecule is CCN(CC(C)C#N)c1cc(N)cc(S(N)(=O)=O)c1C. The number of nitriles is 1. The van der Waals surface area contributed by atoms with Crippen molar-refractivity contribution < 1.29 is 8.42 Å². The number of anilines is 2. The molecule has 1 aromatic rings. The average molecular weight is 296 g/mol. The second-order valence-electron chi connectivity index (χ2n) is 4.78. The first kappa shape index (κ1) is 16.3. The van der Waals surface area contributed by atoms with Crippen LogP contribution in [0, 0.1) is 24.2 Å². The molecule has 0 amide bonds. The summed E-state index contributed by atoms with van der Waals surface area (Å²) in [5.74, 6) is -0.172. The summed E-state index contributed by atoms with van der Waals surface area (Å²) in [5, 5.41) is 14.1. The number of benzene rings is 1. The van der Waals surface area contributed by atoms with Crippen LogP contribution in [0.4, 0.5) is 11.4 Å². The standard InChI is InChI=1S/C13H20N4O2S/c1-4-17(8-9(2)7-14)12-5-11(15)6-13(10(12)3)20(16,18)19/h5-6,9H,4,8,15H2,1-3H3,(H2,16,18,19). The maximum atomic E-state index is 11.6. The summed E-state index contributed by atoms with van der Waals surface area (Å²) in [7, 11) is -3.83. The molecular weight excluding hydrogens is 276 g/mol. The van der Waals surface area contributed by atoms with Gasteiger partial charge in [0.2, 0.25) is 10.0 Å². The van der Waals surface area contributed by atoms with Crippen molar-refractivity contribution in [2.45, 2.75) is 25.7 Å². The van der Waals surface area contributed by atoms with Gasteiger partial charge in [-0.1, -0.05) is 0 Å². The molecule has 0 aliphatic rings. The van der Waals surface area contributed by atoms with Crippen LogP contribution in [-0.2, 0) is 10.0 Å². The van der Waals surface area contributed by atoms with Crippen LogP contribution < -0.4 is 15.8 Å². The zero-order valence-electron chi connectivity index (χ0n) is 11.9. The molecule has 0 heterocycles. The van der Waals surface area contributed by atoms with E-state index >= 15 is 0 Å². The summed E-state index contributed by atoms with van der Waals surface area (Å²) in [5.41, 5.74) is 7.34. The van der Waals surface area contributed by atoms with Crippen LogP contribution in [0.15, 0.2) is 17.0 Å². The Kier molecular flexibility index (Phi) is 4.98. The van der Waals surface area contributed by atoms with Gasteiger partial charge in [0.05, 0.1) is 16.9 Å². The minimum atomic E-state index is -3.83. The minimum absolute atomic E-state index is 0.0237. The number of sulfonamides is 1. The fourth-order valence-electron chi connectivity index (χ4n) is 2.09. The van der Waals surface area contributed by atoms with Crippen LogP contribution in [0.25, 0.3) is 0 Å². The number of nitrogens with zero attached hydrogens (tertiary/aromatic N) is 2. The third-order valence-electron chi connectivity index (χ3n) is 3.10. The van der Waals surface area contributed by atoms with Crippen LogP contribution in [0.1, 0.15) is 19.4 Å². The lowest BCUT2D eigenvalue weighted by Gasteiger charge is -2.27. The molecule has 0 aliphatic carbocycles. The Morgan fingerprint density at radius 2 is 2.05 bits per heavy atom. The molecule has 0 fully saturated rings. The lowest BCUT2D eigenvalue weighted by Crippen LogP contribution is -2.29. The fourth-order valence-corrected chi connectivity index (χ4v) is 2.92. The average Bonchev–Trinajstić information content (AvgIpc) is 2.36. The summed E-state index contributed by atoms with van der Waals surface area (Å²) >= 11 is 0. The third-order valence-corrected chi connectivity index (χ3v) is 4.14. The molecule has 0 bridgehead atoms. The van der Waals surface area contributed by atoms with Gasteiger partial charge in [0.25, 0.3) is 0 Å². The van der Waals surface area contributed by atoms with Crippen molar-refractivity contribution in [2.24, 2.45) is 11.1 Å². The minimum Gasteiger partial charge on any atom is -0.399 e. The van der Waals surface area contributed by atoms with Crippen LogP contribution in [0.3, 0.4) is 0 Å². The molecular formula is C13H20N4O2S. The van der Waals surface area contributed by atoms with Gasteiger partial charge in [-0.3, -0.25) is 0 Å². The van der Waals surface area contributed by atoms with Crippen molar-refractivity contribution in [3.8, 4) is 6.07 Å². The summed E-state index contributed by atoms with van der Waals surface area (Å²) < 4.78 is 23.2. The van der Waals surface area contributed by atoms with E-state index < -0.39 is 10.0 Å². The van der Waals surface area contributed by atoms with Crippen LogP contribution in [-0.4, -0.2) is 21.5 Å². The van der Waals surface area contributed by atoms with Crippen molar-refractivity contribution in [3.05, 3.63) is 17.7 Å². The van der Waals surface area contributed by atoms with Gasteiger partial charge in [-0.05, 0) is 38.5 Å². The molecule has 1 aromatic carbocycles. The number of nitrogen functional groups attached to an aromatic ring is 1. The van der Waals surface area contributed by atoms with Crippen molar-refractivity contribution in [2.75, 3.05) is 23.7 Å². The predicted octanol–water partition coefficient (Wildman–Crippen LogP) is 1.21. The van der Waals surface area contributed by atoms with Crippen LogP contribution in [0.2, 0.25) is 0 Å². The molecule has 0 saturated carbocycles. The van der Waals surface area contributed by atoms with Crippen molar-refractivity contribution in [1.29, 1.82) is 5.26 Å². The molecule has 0 aliphatic heterocycles. The molecule has 0 radical (unpaired) electrons. The molecule has 0 aromatic heterocycles. The normalized spacial score (nSPS) is 12.8. The molecule has 1 unspecified atom stereocenters. The Morgan fingerprint density at radius 1 is 1.45 bits per heavy atom. The van der Waals surface area contributed by atoms with E-state index in [1.807, 2.05) is 18.7 Å². The van der Waals surface area contributed by atoms with Gasteiger partial charge < -0.3 is 10.6 Å². The molecule has 1 rings (SSSR count). The predicted molar refractivity (Wildman–Crippen MR) is 79.6 cm³/mol. The second kappa shape index (κ2) is 6.11. The molecule has 110 valence electrons. The van der Waals surface area contributed by atoms with Gasteiger partial charge in [-0.15, -0.1) is 0 Å². The molecule has 4 N–H and O–H groups in total. The molecule has 1 atom stereocenters. The molecule has 6 nitrogen and oxygen atoms in total. The Morgan fingerprint density at radius 3 is 2.50 bits per heavy atom. The van der Waals surface area contributed by atoms with Crippen molar-refractivity contribution in [3.63, 3.8) is 0 Å². The van der Waals surface area contributed by atoms with E-state index in [-0.39, 0.29) is 10.8 Å². The van der Waals surface area contributed by atoms with E-state index in [1.54, 1.807) is 13.0 Å². The number of rotatable bonds is 5. The Hall–Kier alpha value is -1.78. The van der Waals surface area contributed by atoms with Crippen molar-refractivity contribution >= 4 is 21.4 Å². The largest absolute Gasteiger partial charge is 0.399 e. The van der Waals surface area contributed by atoms with E-state index in [0.717, 1.165) is 0 Å². The molecule has 7 heteroatoms. The monoisotopic (exact) mass is 296 g/mol. The first-order chi connectivity index (χ1) is 9.20. The lowest BCUT2D eigenvalue weighted by atomic mass is 10.1. The second-order valence-corrected chi connectivity index (χ2v) is 6.31. The Balaban J connectivity index is 3.37. The van der Waals surface area contributed by atoms with Gasteiger partial charge in [0.1, 0.15) is 0 Å². The highest BCUT2D eigenvalue weighted by atomic mass is 32.2. The summed E-state index contributed by atoms with van der Waals surface area (Å²) in [4.78, 5) is 1.95. The quantitative estimate of drug-likeness (QED) is 0.793. The highest BCUT2D eigenvalue weighted by molar-refractivity contribution is 7.89. The lowest BCUT2D eigenvalue weighted by molar-refractivity contribution is 0.597. The smallest absolute Gasteiger partial charge is 0.238 e. The Bertz CT molecular complexity index is 635. The Labute approximate surface area is 120 Å². The van der Waals surface area contributed by atoms with E-state index in [0.29, 0.717) is 30.0 Å². The van der Waals surface area contributed by atoms with E-state index in [9.17, 15) is 8.42 Å². The summed E-state index contributed by atoms with van der Waals surface area (Å²) in [6.07, 6.45) is 0. The summed E-state index contributed by atoms with van der Waals surface area (Å²) in [6, 6.07) is 5.23. The first-order valence-corrected chi connectivity index (χ1v) is 7.82. The number of primary sulfonamides is 1. The van der Waals surface area contributed by atoms with E-state index in [1.165, 1.54) is 6.07 Å². The topological polar surface area (TPSA) is 113 Å². The number of nitrogens with two attached hydrogens (primary N) is 2. The van der Waals surface area contributed by atoms with Gasteiger partial charge >= 0.3 is 0 Å². The zero-order valence-corrected chi connectivity index (χ0v) is 12.7. The van der Waals surface area contributed by atoms with Gasteiger partial charge in [0.15, 0.2) is 0 Å². The maximum Gasteiger partial charge on any atom is 0.238 e. The summed E-state index contributed by atoms with van der Waals surface area (Å²) in [6.45, 7) is 6.57. The fraction of sp³-hybridized carbons (Fsp3) is 0.462. The molecule has 0 spiro atoms. The first-order valence-electron chi connectivity index (χ1n) is 6.28. The van der Waals surface area contributed by atoms with E-state index in [2.05, 4.69) is 6.07 Å². The van der Waals surface area contributed by atoms with Crippen LogP contribution >= 0.6 is 0 Å². The van der Waals surface area contributed by atoms with E-state index in [4.69, 9.17) is 16.1 Å². The van der Waals surface area contributed by atoms with Crippen molar-refractivity contribution in [1.82, 2.24) is 0 Å². The van der Waals surface area contributed by atoms with Gasteiger partial charge in [0, 0.05) is 24.5 Å². The highest BCUT2D eigenvalue weighted by Gasteiger charge is 2.19. The van der Waals surface area contributed by atoms with Gasteiger partial charge in [-0.2, -0.15) is 5.26 Å². The highest BCUT2D eigenvalue weighted by Crippen LogP contribution is 2.29. The number of hydrogen-bond donors (Lipinski definition) is 2. The maximum absolute atomic E-state index is 11.6. The molecule has 0 saturated heterocycles. The molecule has 20 heavy (non-hydrogen) atoms. The van der Waals surface area contributed by atoms with Gasteiger partial charge in [-0.25, -0.2) is 13.6 Å². The van der Waals surface area contributed by atoms with Crippen LogP contribution in [0.5, 0.6) is 0 Å².